The Morgan fingerprint density at radius 1 is 1.40 bits per heavy atom. The number of hydrogen-bond donors (Lipinski definition) is 2. The molecular weight excluding hydrogens is 208 g/mol. The molecule has 82 valence electrons. The number of nitrogens with one attached hydrogen (secondary N) is 1. The van der Waals surface area contributed by atoms with E-state index in [1.54, 1.807) is 7.11 Å². The van der Waals surface area contributed by atoms with Crippen LogP contribution >= 0.6 is 12.8 Å². The Hall–Kier alpha value is -0.710. The maximum atomic E-state index is 5.10. The third kappa shape index (κ3) is 3.12. The first-order valence-electron chi connectivity index (χ1n) is 5.14. The molecule has 0 bridgehead atoms. The van der Waals surface area contributed by atoms with Crippen LogP contribution in [0.4, 0.5) is 0 Å². The highest BCUT2D eigenvalue weighted by molar-refractivity contribution is 7.77. The third-order valence-electron chi connectivity index (χ3n) is 2.50. The molecule has 0 atom stereocenters. The molecular formula is C11H16N2OS. The van der Waals surface area contributed by atoms with Crippen molar-refractivity contribution in [3.63, 3.8) is 0 Å². The van der Waals surface area contributed by atoms with Gasteiger partial charge in [-0.25, -0.2) is 5.43 Å². The Balaban J connectivity index is 1.81. The molecule has 0 amide bonds. The maximum Gasteiger partial charge on any atom is 0.118 e. The van der Waals surface area contributed by atoms with Crippen LogP contribution in [0.15, 0.2) is 24.3 Å². The first-order valence-corrected chi connectivity index (χ1v) is 5.54. The van der Waals surface area contributed by atoms with Crippen LogP contribution in [0.1, 0.15) is 18.4 Å². The molecule has 0 unspecified atom stereocenters. The summed E-state index contributed by atoms with van der Waals surface area (Å²) in [5.74, 6) is 0.892. The smallest absolute Gasteiger partial charge is 0.118 e. The van der Waals surface area contributed by atoms with Gasteiger partial charge in [-0.1, -0.05) is 24.9 Å². The van der Waals surface area contributed by atoms with Crippen LogP contribution in [0.3, 0.4) is 0 Å². The Morgan fingerprint density at radius 2 is 2.07 bits per heavy atom. The molecule has 1 aromatic carbocycles. The molecule has 0 heterocycles. The SMILES string of the molecule is COc1ccc(CNN(S)C2CC2)cc1. The lowest BCUT2D eigenvalue weighted by Gasteiger charge is -2.15. The van der Waals surface area contributed by atoms with Crippen molar-refractivity contribution in [1.29, 1.82) is 0 Å². The minimum Gasteiger partial charge on any atom is -0.497 e. The molecule has 0 spiro atoms. The molecule has 1 aliphatic rings. The van der Waals surface area contributed by atoms with Gasteiger partial charge in [0.15, 0.2) is 0 Å². The quantitative estimate of drug-likeness (QED) is 0.591. The van der Waals surface area contributed by atoms with E-state index in [9.17, 15) is 0 Å². The van der Waals surface area contributed by atoms with E-state index in [0.29, 0.717) is 6.04 Å². The van der Waals surface area contributed by atoms with Gasteiger partial charge >= 0.3 is 0 Å². The summed E-state index contributed by atoms with van der Waals surface area (Å²) in [6.07, 6.45) is 2.50. The molecule has 0 saturated heterocycles. The number of hydrogen-bond acceptors (Lipinski definition) is 4. The van der Waals surface area contributed by atoms with Crippen LogP contribution in [0, 0.1) is 0 Å². The average molecular weight is 224 g/mol. The molecule has 2 rings (SSSR count). The van der Waals surface area contributed by atoms with Gasteiger partial charge in [0.2, 0.25) is 0 Å². The Kier molecular flexibility index (Phi) is 3.51. The number of thiol groups is 1. The van der Waals surface area contributed by atoms with E-state index in [0.717, 1.165) is 12.3 Å². The zero-order valence-electron chi connectivity index (χ0n) is 8.81. The largest absolute Gasteiger partial charge is 0.497 e. The van der Waals surface area contributed by atoms with Crippen molar-refractivity contribution in [1.82, 2.24) is 9.84 Å². The highest BCUT2D eigenvalue weighted by atomic mass is 32.1. The second kappa shape index (κ2) is 4.88. The molecule has 1 aromatic rings. The lowest BCUT2D eigenvalue weighted by molar-refractivity contribution is 0.343. The Morgan fingerprint density at radius 3 is 2.60 bits per heavy atom. The van der Waals surface area contributed by atoms with Crippen LogP contribution < -0.4 is 10.2 Å². The van der Waals surface area contributed by atoms with Gasteiger partial charge < -0.3 is 4.74 Å². The molecule has 1 N–H and O–H groups in total. The Labute approximate surface area is 95.9 Å². The highest BCUT2D eigenvalue weighted by Gasteiger charge is 2.26. The minimum absolute atomic E-state index is 0.617. The van der Waals surface area contributed by atoms with E-state index in [4.69, 9.17) is 4.74 Å². The second-order valence-electron chi connectivity index (χ2n) is 3.76. The van der Waals surface area contributed by atoms with Crippen LogP contribution in [-0.2, 0) is 6.54 Å². The standard InChI is InChI=1S/C11H16N2OS/c1-14-11-6-2-9(3-7-11)8-12-13(15)10-4-5-10/h2-3,6-7,10,12,15H,4-5,8H2,1H3. The predicted molar refractivity (Wildman–Crippen MR) is 63.7 cm³/mol. The number of benzene rings is 1. The van der Waals surface area contributed by atoms with E-state index < -0.39 is 0 Å². The van der Waals surface area contributed by atoms with E-state index in [-0.39, 0.29) is 0 Å². The Bertz CT molecular complexity index is 311. The van der Waals surface area contributed by atoms with E-state index >= 15 is 0 Å². The highest BCUT2D eigenvalue weighted by Crippen LogP contribution is 2.26. The lowest BCUT2D eigenvalue weighted by Crippen LogP contribution is -2.31. The van der Waals surface area contributed by atoms with Gasteiger partial charge in [0.1, 0.15) is 5.75 Å². The summed E-state index contributed by atoms with van der Waals surface area (Å²) in [6.45, 7) is 0.810. The number of ether oxygens (including phenoxy) is 1. The first-order chi connectivity index (χ1) is 7.29. The van der Waals surface area contributed by atoms with Crippen molar-refractivity contribution in [3.8, 4) is 5.75 Å². The zero-order chi connectivity index (χ0) is 10.7. The van der Waals surface area contributed by atoms with Crippen molar-refractivity contribution in [2.24, 2.45) is 0 Å². The van der Waals surface area contributed by atoms with Crippen molar-refractivity contribution >= 4 is 12.8 Å². The topological polar surface area (TPSA) is 24.5 Å². The summed E-state index contributed by atoms with van der Waals surface area (Å²) in [5, 5.41) is 0. The van der Waals surface area contributed by atoms with Crippen molar-refractivity contribution < 1.29 is 4.74 Å². The van der Waals surface area contributed by atoms with Gasteiger partial charge in [-0.15, -0.1) is 0 Å². The molecule has 1 saturated carbocycles. The van der Waals surface area contributed by atoms with Crippen LogP contribution in [0.5, 0.6) is 5.75 Å². The lowest BCUT2D eigenvalue weighted by atomic mass is 10.2. The molecule has 4 heteroatoms. The van der Waals surface area contributed by atoms with Crippen LogP contribution in [0.25, 0.3) is 0 Å². The molecule has 0 aromatic heterocycles. The van der Waals surface area contributed by atoms with Crippen molar-refractivity contribution in [3.05, 3.63) is 29.8 Å². The summed E-state index contributed by atoms with van der Waals surface area (Å²) in [5.41, 5.74) is 4.49. The molecule has 0 aliphatic heterocycles. The average Bonchev–Trinajstić information content (AvgIpc) is 3.10. The summed E-state index contributed by atoms with van der Waals surface area (Å²) in [6, 6.07) is 8.67. The van der Waals surface area contributed by atoms with E-state index in [2.05, 4.69) is 30.4 Å². The van der Waals surface area contributed by atoms with Gasteiger partial charge in [-0.05, 0) is 30.5 Å². The fourth-order valence-electron chi connectivity index (χ4n) is 1.36. The van der Waals surface area contributed by atoms with Gasteiger partial charge in [-0.3, -0.25) is 0 Å². The fraction of sp³-hybridized carbons (Fsp3) is 0.455. The number of rotatable bonds is 5. The predicted octanol–water partition coefficient (Wildman–Crippen LogP) is 2.01. The van der Waals surface area contributed by atoms with Gasteiger partial charge in [0.25, 0.3) is 0 Å². The van der Waals surface area contributed by atoms with E-state index in [1.165, 1.54) is 18.4 Å². The van der Waals surface area contributed by atoms with Gasteiger partial charge in [0, 0.05) is 12.6 Å². The second-order valence-corrected chi connectivity index (χ2v) is 4.19. The molecule has 1 fully saturated rings. The fourth-order valence-corrected chi connectivity index (χ4v) is 1.67. The summed E-state index contributed by atoms with van der Waals surface area (Å²) >= 11 is 4.35. The van der Waals surface area contributed by atoms with Crippen molar-refractivity contribution in [2.45, 2.75) is 25.4 Å². The monoisotopic (exact) mass is 224 g/mol. The molecule has 15 heavy (non-hydrogen) atoms. The summed E-state index contributed by atoms with van der Waals surface area (Å²) in [4.78, 5) is 0. The first kappa shape index (κ1) is 10.8. The molecule has 3 nitrogen and oxygen atoms in total. The normalized spacial score (nSPS) is 15.7. The van der Waals surface area contributed by atoms with Crippen molar-refractivity contribution in [2.75, 3.05) is 7.11 Å². The number of nitrogens with zero attached hydrogens (tertiary/aromatic N) is 1. The molecule has 1 aliphatic carbocycles. The van der Waals surface area contributed by atoms with Crippen LogP contribution in [0.2, 0.25) is 0 Å². The van der Waals surface area contributed by atoms with Crippen LogP contribution in [-0.4, -0.2) is 17.6 Å². The summed E-state index contributed by atoms with van der Waals surface area (Å²) in [7, 11) is 1.68. The van der Waals surface area contributed by atoms with E-state index in [1.807, 2.05) is 16.5 Å². The zero-order valence-corrected chi connectivity index (χ0v) is 9.71. The third-order valence-corrected chi connectivity index (χ3v) is 2.97. The number of methoxy groups -OCH3 is 1. The molecule has 0 radical (unpaired) electrons. The number of hydrazine groups is 1. The maximum absolute atomic E-state index is 5.10. The summed E-state index contributed by atoms with van der Waals surface area (Å²) < 4.78 is 7.00. The van der Waals surface area contributed by atoms with Gasteiger partial charge in [0.05, 0.1) is 7.11 Å². The minimum atomic E-state index is 0.617. The van der Waals surface area contributed by atoms with Gasteiger partial charge in [-0.2, -0.15) is 4.41 Å².